The Labute approximate surface area is 226 Å². The Bertz CT molecular complexity index is 1480. The maximum atomic E-state index is 11.5. The van der Waals surface area contributed by atoms with Gasteiger partial charge < -0.3 is 19.4 Å². The highest BCUT2D eigenvalue weighted by Crippen LogP contribution is 2.24. The number of aryl methyl sites for hydroxylation is 2. The molecule has 200 valence electrons. The Morgan fingerprint density at radius 2 is 1.72 bits per heavy atom. The number of carbonyl (C=O) groups excluding carboxylic acids is 1. The standard InChI is InChI=1S/C20H20N2O3.C10H10N2O2/c1-25-19(24)12-9-17-14-22(13-15-7-10-18(23)11-8-15)21-20(17)16-5-3-2-4-6-16;1-7-9(6-13)12-10(14-7)8-2-4-11-5-3-8/h2-8,10-11,14,23H,9,12-13H2,1H3;2-5,13H,6H2,1H3. The van der Waals surface area contributed by atoms with E-state index in [1.165, 1.54) is 7.11 Å². The molecule has 0 saturated carbocycles. The van der Waals surface area contributed by atoms with Crippen LogP contribution in [0.15, 0.2) is 89.7 Å². The third kappa shape index (κ3) is 7.39. The van der Waals surface area contributed by atoms with E-state index in [0.717, 1.165) is 27.9 Å². The van der Waals surface area contributed by atoms with E-state index in [0.29, 0.717) is 36.7 Å². The molecule has 39 heavy (non-hydrogen) atoms. The van der Waals surface area contributed by atoms with Crippen molar-refractivity contribution < 1.29 is 24.2 Å². The number of hydrogen-bond acceptors (Lipinski definition) is 8. The van der Waals surface area contributed by atoms with E-state index in [2.05, 4.69) is 9.97 Å². The fraction of sp³-hybridized carbons (Fsp3) is 0.200. The Hall–Kier alpha value is -4.76. The Morgan fingerprint density at radius 1 is 1.00 bits per heavy atom. The van der Waals surface area contributed by atoms with E-state index >= 15 is 0 Å². The number of aromatic hydroxyl groups is 1. The number of esters is 1. The normalized spacial score (nSPS) is 10.5. The lowest BCUT2D eigenvalue weighted by Gasteiger charge is -2.02. The second-order valence-electron chi connectivity index (χ2n) is 8.73. The third-order valence-corrected chi connectivity index (χ3v) is 5.96. The average molecular weight is 527 g/mol. The number of hydrogen-bond donors (Lipinski definition) is 2. The van der Waals surface area contributed by atoms with Crippen molar-refractivity contribution in [1.29, 1.82) is 0 Å². The summed E-state index contributed by atoms with van der Waals surface area (Å²) >= 11 is 0. The second kappa shape index (κ2) is 13.2. The van der Waals surface area contributed by atoms with Crippen LogP contribution in [-0.2, 0) is 29.1 Å². The minimum Gasteiger partial charge on any atom is -0.508 e. The van der Waals surface area contributed by atoms with Gasteiger partial charge in [-0.2, -0.15) is 5.10 Å². The first kappa shape index (κ1) is 27.3. The van der Waals surface area contributed by atoms with Gasteiger partial charge in [0.2, 0.25) is 5.89 Å². The molecule has 3 heterocycles. The van der Waals surface area contributed by atoms with Gasteiger partial charge in [-0.3, -0.25) is 14.5 Å². The summed E-state index contributed by atoms with van der Waals surface area (Å²) in [6.45, 7) is 2.28. The van der Waals surface area contributed by atoms with Crippen LogP contribution in [0.1, 0.15) is 29.0 Å². The molecule has 0 aliphatic rings. The Balaban J connectivity index is 0.000000212. The smallest absolute Gasteiger partial charge is 0.305 e. The van der Waals surface area contributed by atoms with Crippen LogP contribution in [0.3, 0.4) is 0 Å². The quantitative estimate of drug-likeness (QED) is 0.272. The number of aliphatic hydroxyl groups is 1. The molecule has 0 radical (unpaired) electrons. The lowest BCUT2D eigenvalue weighted by atomic mass is 10.0. The van der Waals surface area contributed by atoms with Crippen LogP contribution < -0.4 is 0 Å². The third-order valence-electron chi connectivity index (χ3n) is 5.96. The molecule has 2 aromatic carbocycles. The number of rotatable bonds is 8. The van der Waals surface area contributed by atoms with Crippen LogP contribution in [-0.4, -0.2) is 43.0 Å². The molecule has 3 aromatic heterocycles. The molecular formula is C30H30N4O5. The summed E-state index contributed by atoms with van der Waals surface area (Å²) in [7, 11) is 1.40. The van der Waals surface area contributed by atoms with Gasteiger partial charge in [-0.1, -0.05) is 42.5 Å². The van der Waals surface area contributed by atoms with E-state index in [4.69, 9.17) is 19.4 Å². The topological polar surface area (TPSA) is 124 Å². The number of methoxy groups -OCH3 is 1. The van der Waals surface area contributed by atoms with Gasteiger partial charge in [0.15, 0.2) is 0 Å². The van der Waals surface area contributed by atoms with E-state index in [-0.39, 0.29) is 18.3 Å². The number of pyridine rings is 1. The number of aliphatic hydroxyl groups excluding tert-OH is 1. The van der Waals surface area contributed by atoms with Crippen LogP contribution in [0.25, 0.3) is 22.7 Å². The molecule has 5 rings (SSSR count). The number of phenolic OH excluding ortho intramolecular Hbond substituents is 1. The van der Waals surface area contributed by atoms with Gasteiger partial charge in [0.1, 0.15) is 17.2 Å². The molecule has 0 bridgehead atoms. The van der Waals surface area contributed by atoms with E-state index in [1.54, 1.807) is 31.5 Å². The van der Waals surface area contributed by atoms with Crippen molar-refractivity contribution in [3.63, 3.8) is 0 Å². The first-order valence-corrected chi connectivity index (χ1v) is 12.4. The van der Waals surface area contributed by atoms with Gasteiger partial charge in [-0.25, -0.2) is 4.98 Å². The molecule has 0 unspecified atom stereocenters. The summed E-state index contributed by atoms with van der Waals surface area (Å²) in [6.07, 6.45) is 6.22. The molecule has 9 heteroatoms. The number of aromatic nitrogens is 4. The maximum absolute atomic E-state index is 11.5. The van der Waals surface area contributed by atoms with Gasteiger partial charge in [0.05, 0.1) is 26.0 Å². The van der Waals surface area contributed by atoms with Crippen LogP contribution in [0.5, 0.6) is 5.75 Å². The van der Waals surface area contributed by atoms with E-state index in [9.17, 15) is 9.90 Å². The number of oxazole rings is 1. The molecule has 0 aliphatic heterocycles. The highest BCUT2D eigenvalue weighted by atomic mass is 16.5. The van der Waals surface area contributed by atoms with Crippen molar-refractivity contribution in [2.45, 2.75) is 32.9 Å². The molecular weight excluding hydrogens is 496 g/mol. The molecule has 0 atom stereocenters. The monoisotopic (exact) mass is 526 g/mol. The molecule has 5 aromatic rings. The summed E-state index contributed by atoms with van der Waals surface area (Å²) < 4.78 is 12.0. The minimum atomic E-state index is -0.231. The molecule has 0 fully saturated rings. The van der Waals surface area contributed by atoms with Crippen molar-refractivity contribution in [3.05, 3.63) is 108 Å². The number of nitrogens with zero attached hydrogens (tertiary/aromatic N) is 4. The summed E-state index contributed by atoms with van der Waals surface area (Å²) in [5, 5.41) is 23.0. The second-order valence-corrected chi connectivity index (χ2v) is 8.73. The number of phenols is 1. The van der Waals surface area contributed by atoms with Crippen molar-refractivity contribution in [2.75, 3.05) is 7.11 Å². The summed E-state index contributed by atoms with van der Waals surface area (Å²) in [5.74, 6) is 1.19. The largest absolute Gasteiger partial charge is 0.508 e. The molecule has 9 nitrogen and oxygen atoms in total. The van der Waals surface area contributed by atoms with Crippen LogP contribution in [0.2, 0.25) is 0 Å². The zero-order valence-corrected chi connectivity index (χ0v) is 21.8. The average Bonchev–Trinajstić information content (AvgIpc) is 3.57. The fourth-order valence-corrected chi connectivity index (χ4v) is 3.89. The predicted octanol–water partition coefficient (Wildman–Crippen LogP) is 4.95. The van der Waals surface area contributed by atoms with Gasteiger partial charge in [0, 0.05) is 36.1 Å². The van der Waals surface area contributed by atoms with Gasteiger partial charge in [0.25, 0.3) is 0 Å². The molecule has 0 aliphatic carbocycles. The zero-order valence-electron chi connectivity index (χ0n) is 21.8. The fourth-order valence-electron chi connectivity index (χ4n) is 3.89. The Kier molecular flexibility index (Phi) is 9.20. The van der Waals surface area contributed by atoms with E-state index in [1.807, 2.05) is 65.5 Å². The number of ether oxygens (including phenoxy) is 1. The maximum Gasteiger partial charge on any atom is 0.305 e. The molecule has 0 spiro atoms. The van der Waals surface area contributed by atoms with Crippen LogP contribution in [0, 0.1) is 6.92 Å². The first-order chi connectivity index (χ1) is 19.0. The zero-order chi connectivity index (χ0) is 27.6. The highest BCUT2D eigenvalue weighted by molar-refractivity contribution is 5.70. The Morgan fingerprint density at radius 3 is 2.36 bits per heavy atom. The lowest BCUT2D eigenvalue weighted by molar-refractivity contribution is -0.140. The first-order valence-electron chi connectivity index (χ1n) is 12.4. The van der Waals surface area contributed by atoms with Gasteiger partial charge in [-0.15, -0.1) is 0 Å². The predicted molar refractivity (Wildman–Crippen MR) is 146 cm³/mol. The van der Waals surface area contributed by atoms with Gasteiger partial charge in [-0.05, 0) is 48.7 Å². The molecule has 0 amide bonds. The highest BCUT2D eigenvalue weighted by Gasteiger charge is 2.13. The molecule has 2 N–H and O–H groups in total. The summed E-state index contributed by atoms with van der Waals surface area (Å²) in [4.78, 5) is 19.5. The van der Waals surface area contributed by atoms with Crippen molar-refractivity contribution >= 4 is 5.97 Å². The van der Waals surface area contributed by atoms with Crippen molar-refractivity contribution in [3.8, 4) is 28.5 Å². The molecule has 0 saturated heterocycles. The SMILES string of the molecule is COC(=O)CCc1cn(Cc2ccc(O)cc2)nc1-c1ccccc1.Cc1oc(-c2ccncc2)nc1CO. The number of carbonyl (C=O) groups is 1. The minimum absolute atomic E-state index is 0.0968. The van der Waals surface area contributed by atoms with Crippen LogP contribution in [0.4, 0.5) is 0 Å². The lowest BCUT2D eigenvalue weighted by Crippen LogP contribution is -2.02. The van der Waals surface area contributed by atoms with Crippen molar-refractivity contribution in [1.82, 2.24) is 19.7 Å². The van der Waals surface area contributed by atoms with Crippen LogP contribution >= 0.6 is 0 Å². The summed E-state index contributed by atoms with van der Waals surface area (Å²) in [6, 6.07) is 20.6. The summed E-state index contributed by atoms with van der Waals surface area (Å²) in [5.41, 5.74) is 5.39. The number of benzene rings is 2. The van der Waals surface area contributed by atoms with Gasteiger partial charge >= 0.3 is 5.97 Å². The van der Waals surface area contributed by atoms with E-state index < -0.39 is 0 Å². The van der Waals surface area contributed by atoms with Crippen molar-refractivity contribution in [2.24, 2.45) is 0 Å².